The Kier molecular flexibility index (Phi) is 16.9. The second kappa shape index (κ2) is 16.3. The minimum absolute atomic E-state index is 0.0556. The van der Waals surface area contributed by atoms with E-state index in [-0.39, 0.29) is 12.6 Å². The van der Waals surface area contributed by atoms with Gasteiger partial charge in [0.25, 0.3) is 0 Å². The number of benzene rings is 1. The second-order valence-electron chi connectivity index (χ2n) is 3.18. The van der Waals surface area contributed by atoms with Crippen molar-refractivity contribution in [2.45, 2.75) is 27.2 Å². The maximum atomic E-state index is 10.5. The monoisotopic (exact) mass is 268 g/mol. The van der Waals surface area contributed by atoms with Crippen molar-refractivity contribution in [2.24, 2.45) is 0 Å². The molecule has 0 bridgehead atoms. The highest BCUT2D eigenvalue weighted by molar-refractivity contribution is 5.74. The first-order chi connectivity index (χ1) is 9.24. The molecule has 19 heavy (non-hydrogen) atoms. The Morgan fingerprint density at radius 2 is 1.79 bits per heavy atom. The SMILES string of the molecule is CC.CCCOC(=O)COC.O=Cc1ccccc1. The number of carbonyl (C=O) groups is 2. The lowest BCUT2D eigenvalue weighted by atomic mass is 10.2. The molecular weight excluding hydrogens is 244 g/mol. The molecule has 108 valence electrons. The van der Waals surface area contributed by atoms with Gasteiger partial charge in [-0.05, 0) is 6.42 Å². The summed E-state index contributed by atoms with van der Waals surface area (Å²) < 4.78 is 9.19. The normalized spacial score (nSPS) is 8.21. The third-order valence-electron chi connectivity index (χ3n) is 1.67. The lowest BCUT2D eigenvalue weighted by Gasteiger charge is -1.99. The van der Waals surface area contributed by atoms with Gasteiger partial charge in [0, 0.05) is 12.7 Å². The zero-order valence-electron chi connectivity index (χ0n) is 12.2. The van der Waals surface area contributed by atoms with Crippen LogP contribution in [0.2, 0.25) is 0 Å². The van der Waals surface area contributed by atoms with Gasteiger partial charge in [-0.1, -0.05) is 51.1 Å². The molecule has 0 amide bonds. The number of esters is 1. The van der Waals surface area contributed by atoms with Crippen LogP contribution in [0.3, 0.4) is 0 Å². The molecule has 1 aromatic carbocycles. The van der Waals surface area contributed by atoms with Crippen LogP contribution in [0.4, 0.5) is 0 Å². The molecule has 0 heterocycles. The number of methoxy groups -OCH3 is 1. The number of hydrogen-bond donors (Lipinski definition) is 0. The van der Waals surface area contributed by atoms with Crippen LogP contribution in [0, 0.1) is 0 Å². The standard InChI is InChI=1S/C7H6O.C6H12O3.C2H6/c8-6-7-4-2-1-3-5-7;1-3-4-9-6(7)5-8-2;1-2/h1-6H;3-5H2,1-2H3;1-2H3. The first-order valence-corrected chi connectivity index (χ1v) is 6.39. The highest BCUT2D eigenvalue weighted by atomic mass is 16.6. The Labute approximate surface area is 115 Å². The minimum atomic E-state index is -0.292. The zero-order valence-corrected chi connectivity index (χ0v) is 12.2. The van der Waals surface area contributed by atoms with Crippen molar-refractivity contribution in [3.05, 3.63) is 35.9 Å². The Balaban J connectivity index is 0. The molecule has 0 aliphatic carbocycles. The van der Waals surface area contributed by atoms with Gasteiger partial charge >= 0.3 is 5.97 Å². The van der Waals surface area contributed by atoms with Gasteiger partial charge in [-0.25, -0.2) is 4.79 Å². The van der Waals surface area contributed by atoms with Crippen LogP contribution in [0.1, 0.15) is 37.6 Å². The molecule has 0 fully saturated rings. The first-order valence-electron chi connectivity index (χ1n) is 6.39. The molecule has 0 aliphatic rings. The van der Waals surface area contributed by atoms with E-state index < -0.39 is 0 Å². The summed E-state index contributed by atoms with van der Waals surface area (Å²) in [7, 11) is 1.47. The van der Waals surface area contributed by atoms with Crippen LogP contribution < -0.4 is 0 Å². The molecule has 0 spiro atoms. The molecule has 0 aliphatic heterocycles. The average Bonchev–Trinajstić information content (AvgIpc) is 2.49. The van der Waals surface area contributed by atoms with E-state index in [0.717, 1.165) is 18.3 Å². The number of aldehydes is 1. The molecule has 0 saturated carbocycles. The Hall–Kier alpha value is -1.68. The van der Waals surface area contributed by atoms with Crippen LogP contribution in [0.25, 0.3) is 0 Å². The summed E-state index contributed by atoms with van der Waals surface area (Å²) in [5.41, 5.74) is 0.729. The summed E-state index contributed by atoms with van der Waals surface area (Å²) in [5, 5.41) is 0. The molecule has 0 saturated heterocycles. The number of ether oxygens (including phenoxy) is 2. The van der Waals surface area contributed by atoms with E-state index in [1.165, 1.54) is 7.11 Å². The predicted octanol–water partition coefficient (Wildman–Crippen LogP) is 3.11. The van der Waals surface area contributed by atoms with E-state index in [0.29, 0.717) is 6.61 Å². The molecule has 0 unspecified atom stereocenters. The molecular formula is C15H24O4. The summed E-state index contributed by atoms with van der Waals surface area (Å²) in [6.07, 6.45) is 1.69. The van der Waals surface area contributed by atoms with Crippen LogP contribution >= 0.6 is 0 Å². The van der Waals surface area contributed by atoms with E-state index >= 15 is 0 Å². The average molecular weight is 268 g/mol. The van der Waals surface area contributed by atoms with Crippen molar-refractivity contribution in [3.63, 3.8) is 0 Å². The van der Waals surface area contributed by atoms with Gasteiger partial charge in [-0.3, -0.25) is 4.79 Å². The summed E-state index contributed by atoms with van der Waals surface area (Å²) in [6, 6.07) is 9.10. The first kappa shape index (κ1) is 19.7. The summed E-state index contributed by atoms with van der Waals surface area (Å²) in [6.45, 7) is 6.49. The fourth-order valence-corrected chi connectivity index (χ4v) is 0.907. The van der Waals surface area contributed by atoms with E-state index in [9.17, 15) is 9.59 Å². The van der Waals surface area contributed by atoms with Gasteiger partial charge in [-0.15, -0.1) is 0 Å². The summed E-state index contributed by atoms with van der Waals surface area (Å²) in [5.74, 6) is -0.292. The van der Waals surface area contributed by atoms with Gasteiger partial charge in [0.05, 0.1) is 6.61 Å². The smallest absolute Gasteiger partial charge is 0.332 e. The highest BCUT2D eigenvalue weighted by Crippen LogP contribution is 1.91. The highest BCUT2D eigenvalue weighted by Gasteiger charge is 1.97. The van der Waals surface area contributed by atoms with Gasteiger partial charge in [0.1, 0.15) is 12.9 Å². The lowest BCUT2D eigenvalue weighted by Crippen LogP contribution is -2.11. The lowest BCUT2D eigenvalue weighted by molar-refractivity contribution is -0.147. The number of rotatable bonds is 5. The summed E-state index contributed by atoms with van der Waals surface area (Å²) >= 11 is 0. The molecule has 0 N–H and O–H groups in total. The molecule has 0 aromatic heterocycles. The third kappa shape index (κ3) is 14.3. The molecule has 0 radical (unpaired) electrons. The van der Waals surface area contributed by atoms with E-state index in [2.05, 4.69) is 9.47 Å². The summed E-state index contributed by atoms with van der Waals surface area (Å²) in [4.78, 5) is 20.5. The maximum Gasteiger partial charge on any atom is 0.332 e. The van der Waals surface area contributed by atoms with Crippen molar-refractivity contribution in [1.82, 2.24) is 0 Å². The van der Waals surface area contributed by atoms with Gasteiger partial charge in [0.15, 0.2) is 0 Å². The molecule has 4 nitrogen and oxygen atoms in total. The van der Waals surface area contributed by atoms with Crippen molar-refractivity contribution in [1.29, 1.82) is 0 Å². The van der Waals surface area contributed by atoms with E-state index in [1.807, 2.05) is 39.0 Å². The molecule has 1 rings (SSSR count). The van der Waals surface area contributed by atoms with Crippen LogP contribution in [-0.4, -0.2) is 32.6 Å². The van der Waals surface area contributed by atoms with Gasteiger partial charge in [-0.2, -0.15) is 0 Å². The van der Waals surface area contributed by atoms with Crippen LogP contribution in [0.15, 0.2) is 30.3 Å². The van der Waals surface area contributed by atoms with Crippen molar-refractivity contribution < 1.29 is 19.1 Å². The van der Waals surface area contributed by atoms with E-state index in [4.69, 9.17) is 0 Å². The quantitative estimate of drug-likeness (QED) is 0.608. The minimum Gasteiger partial charge on any atom is -0.464 e. The largest absolute Gasteiger partial charge is 0.464 e. The molecule has 1 aromatic rings. The Morgan fingerprint density at radius 3 is 2.16 bits per heavy atom. The topological polar surface area (TPSA) is 52.6 Å². The fourth-order valence-electron chi connectivity index (χ4n) is 0.907. The predicted molar refractivity (Wildman–Crippen MR) is 76.3 cm³/mol. The number of hydrogen-bond acceptors (Lipinski definition) is 4. The Bertz CT molecular complexity index is 309. The Morgan fingerprint density at radius 1 is 1.21 bits per heavy atom. The number of carbonyl (C=O) groups excluding carboxylic acids is 2. The van der Waals surface area contributed by atoms with Crippen molar-refractivity contribution >= 4 is 12.3 Å². The van der Waals surface area contributed by atoms with Gasteiger partial charge in [0.2, 0.25) is 0 Å². The van der Waals surface area contributed by atoms with Crippen LogP contribution in [0.5, 0.6) is 0 Å². The zero-order chi connectivity index (χ0) is 14.9. The van der Waals surface area contributed by atoms with E-state index in [1.54, 1.807) is 12.1 Å². The molecule has 4 heteroatoms. The third-order valence-corrected chi connectivity index (χ3v) is 1.67. The fraction of sp³-hybridized carbons (Fsp3) is 0.467. The molecule has 0 atom stereocenters. The van der Waals surface area contributed by atoms with Crippen molar-refractivity contribution in [3.8, 4) is 0 Å². The van der Waals surface area contributed by atoms with Crippen molar-refractivity contribution in [2.75, 3.05) is 20.3 Å². The second-order valence-corrected chi connectivity index (χ2v) is 3.18. The maximum absolute atomic E-state index is 10.5. The van der Waals surface area contributed by atoms with Gasteiger partial charge < -0.3 is 9.47 Å². The van der Waals surface area contributed by atoms with Crippen LogP contribution in [-0.2, 0) is 14.3 Å².